The Morgan fingerprint density at radius 3 is 2.48 bits per heavy atom. The Labute approximate surface area is 178 Å². The number of rotatable bonds is 5. The zero-order valence-electron chi connectivity index (χ0n) is 16.5. The van der Waals surface area contributed by atoms with Gasteiger partial charge < -0.3 is 5.32 Å². The van der Waals surface area contributed by atoms with E-state index >= 15 is 0 Å². The summed E-state index contributed by atoms with van der Waals surface area (Å²) in [6, 6.07) is 18.4. The van der Waals surface area contributed by atoms with Gasteiger partial charge in [-0.05, 0) is 43.5 Å². The first kappa shape index (κ1) is 19.6. The number of nitrogens with zero attached hydrogens (tertiary/aromatic N) is 2. The number of thiophene rings is 1. The number of hydrogen-bond donors (Lipinski definition) is 1. The van der Waals surface area contributed by atoms with Crippen molar-refractivity contribution >= 4 is 44.9 Å². The van der Waals surface area contributed by atoms with E-state index in [0.717, 1.165) is 42.5 Å². The monoisotopic (exact) mass is 419 g/mol. The Balaban J connectivity index is 1.57. The number of para-hydroxylation sites is 1. The topological polar surface area (TPSA) is 54.9 Å². The number of thioether (sulfide) groups is 1. The third-order valence-corrected chi connectivity index (χ3v) is 6.95. The summed E-state index contributed by atoms with van der Waals surface area (Å²) in [6.45, 7) is 5.92. The molecule has 4 rings (SSSR count). The molecule has 1 atom stereocenters. The van der Waals surface area contributed by atoms with E-state index in [2.05, 4.69) is 33.5 Å². The molecule has 1 N–H and O–H groups in total. The van der Waals surface area contributed by atoms with Crippen molar-refractivity contribution in [3.05, 3.63) is 72.1 Å². The molecule has 0 spiro atoms. The molecule has 6 heteroatoms. The molecule has 146 valence electrons. The Kier molecular flexibility index (Phi) is 5.65. The SMILES string of the molecule is Cc1cccc(C)c1NC(=O)C(C)Sc1ncnc2sc(-c3ccccc3)cc12. The molecule has 0 fully saturated rings. The number of nitrogens with one attached hydrogen (secondary N) is 1. The lowest BCUT2D eigenvalue weighted by atomic mass is 10.1. The summed E-state index contributed by atoms with van der Waals surface area (Å²) in [7, 11) is 0. The lowest BCUT2D eigenvalue weighted by Gasteiger charge is -2.15. The number of aromatic nitrogens is 2. The van der Waals surface area contributed by atoms with E-state index in [1.54, 1.807) is 17.7 Å². The molecule has 0 saturated heterocycles. The predicted octanol–water partition coefficient (Wildman–Crippen LogP) is 6.09. The molecule has 2 aromatic carbocycles. The zero-order valence-corrected chi connectivity index (χ0v) is 18.1. The van der Waals surface area contributed by atoms with Gasteiger partial charge in [-0.15, -0.1) is 11.3 Å². The molecule has 29 heavy (non-hydrogen) atoms. The Bertz CT molecular complexity index is 1150. The number of hydrogen-bond acceptors (Lipinski definition) is 5. The van der Waals surface area contributed by atoms with Gasteiger partial charge in [-0.25, -0.2) is 9.97 Å². The average molecular weight is 420 g/mol. The first-order chi connectivity index (χ1) is 14.0. The lowest BCUT2D eigenvalue weighted by molar-refractivity contribution is -0.115. The highest BCUT2D eigenvalue weighted by molar-refractivity contribution is 8.00. The number of amides is 1. The van der Waals surface area contributed by atoms with Gasteiger partial charge in [-0.2, -0.15) is 0 Å². The number of aryl methyl sites for hydroxylation is 2. The van der Waals surface area contributed by atoms with Crippen LogP contribution in [0.15, 0.2) is 66.0 Å². The van der Waals surface area contributed by atoms with E-state index in [9.17, 15) is 4.79 Å². The van der Waals surface area contributed by atoms with Gasteiger partial charge in [0.05, 0.1) is 5.25 Å². The van der Waals surface area contributed by atoms with Crippen molar-refractivity contribution in [3.8, 4) is 10.4 Å². The van der Waals surface area contributed by atoms with Gasteiger partial charge in [-0.3, -0.25) is 4.79 Å². The van der Waals surface area contributed by atoms with Crippen molar-refractivity contribution < 1.29 is 4.79 Å². The molecule has 4 nitrogen and oxygen atoms in total. The van der Waals surface area contributed by atoms with Crippen LogP contribution in [0, 0.1) is 13.8 Å². The molecule has 0 saturated carbocycles. The summed E-state index contributed by atoms with van der Waals surface area (Å²) in [5.74, 6) is -0.0299. The first-order valence-corrected chi connectivity index (χ1v) is 11.1. The number of carbonyl (C=O) groups excluding carboxylic acids is 1. The minimum atomic E-state index is -0.285. The Hall–Kier alpha value is -2.70. The second-order valence-electron chi connectivity index (χ2n) is 6.89. The summed E-state index contributed by atoms with van der Waals surface area (Å²) in [6.07, 6.45) is 1.58. The number of carbonyl (C=O) groups is 1. The molecule has 0 aliphatic heterocycles. The van der Waals surface area contributed by atoms with Crippen LogP contribution in [0.25, 0.3) is 20.7 Å². The summed E-state index contributed by atoms with van der Waals surface area (Å²) < 4.78 is 0. The van der Waals surface area contributed by atoms with Crippen molar-refractivity contribution in [2.75, 3.05) is 5.32 Å². The van der Waals surface area contributed by atoms with Gasteiger partial charge in [0, 0.05) is 16.0 Å². The molecule has 2 aromatic heterocycles. The molecule has 0 radical (unpaired) electrons. The van der Waals surface area contributed by atoms with E-state index in [4.69, 9.17) is 0 Å². The summed E-state index contributed by atoms with van der Waals surface area (Å²) in [5.41, 5.74) is 4.17. The smallest absolute Gasteiger partial charge is 0.237 e. The molecular formula is C23H21N3OS2. The first-order valence-electron chi connectivity index (χ1n) is 9.36. The van der Waals surface area contributed by atoms with E-state index < -0.39 is 0 Å². The third-order valence-electron chi connectivity index (χ3n) is 4.74. The molecule has 1 unspecified atom stereocenters. The highest BCUT2D eigenvalue weighted by Crippen LogP contribution is 2.37. The average Bonchev–Trinajstić information content (AvgIpc) is 3.17. The maximum Gasteiger partial charge on any atom is 0.237 e. The fourth-order valence-corrected chi connectivity index (χ4v) is 5.09. The van der Waals surface area contributed by atoms with Crippen LogP contribution in [0.3, 0.4) is 0 Å². The van der Waals surface area contributed by atoms with Crippen LogP contribution >= 0.6 is 23.1 Å². The molecular weight excluding hydrogens is 398 g/mol. The van der Waals surface area contributed by atoms with Crippen molar-refractivity contribution in [1.29, 1.82) is 0 Å². The normalized spacial score (nSPS) is 12.1. The highest BCUT2D eigenvalue weighted by atomic mass is 32.2. The lowest BCUT2D eigenvalue weighted by Crippen LogP contribution is -2.23. The van der Waals surface area contributed by atoms with Crippen molar-refractivity contribution in [2.24, 2.45) is 0 Å². The van der Waals surface area contributed by atoms with Crippen molar-refractivity contribution in [1.82, 2.24) is 9.97 Å². The fourth-order valence-electron chi connectivity index (χ4n) is 3.13. The van der Waals surface area contributed by atoms with E-state index in [0.29, 0.717) is 0 Å². The summed E-state index contributed by atoms with van der Waals surface area (Å²) in [5, 5.41) is 4.62. The summed E-state index contributed by atoms with van der Waals surface area (Å²) in [4.78, 5) is 23.8. The predicted molar refractivity (Wildman–Crippen MR) is 123 cm³/mol. The molecule has 0 aliphatic carbocycles. The molecule has 0 aliphatic rings. The van der Waals surface area contributed by atoms with Crippen LogP contribution in [-0.4, -0.2) is 21.1 Å². The molecule has 1 amide bonds. The summed E-state index contributed by atoms with van der Waals surface area (Å²) >= 11 is 3.11. The van der Waals surface area contributed by atoms with Gasteiger partial charge in [0.25, 0.3) is 0 Å². The van der Waals surface area contributed by atoms with Crippen LogP contribution in [0.1, 0.15) is 18.1 Å². The Morgan fingerprint density at radius 1 is 1.03 bits per heavy atom. The van der Waals surface area contributed by atoms with Crippen LogP contribution < -0.4 is 5.32 Å². The number of fused-ring (bicyclic) bond motifs is 1. The quantitative estimate of drug-likeness (QED) is 0.314. The molecule has 2 heterocycles. The number of anilines is 1. The zero-order chi connectivity index (χ0) is 20.4. The second kappa shape index (κ2) is 8.35. The van der Waals surface area contributed by atoms with E-state index in [-0.39, 0.29) is 11.2 Å². The van der Waals surface area contributed by atoms with Crippen molar-refractivity contribution in [2.45, 2.75) is 31.0 Å². The van der Waals surface area contributed by atoms with Crippen LogP contribution in [-0.2, 0) is 4.79 Å². The van der Waals surface area contributed by atoms with Gasteiger partial charge >= 0.3 is 0 Å². The van der Waals surface area contributed by atoms with Gasteiger partial charge in [0.15, 0.2) is 0 Å². The van der Waals surface area contributed by atoms with E-state index in [1.807, 2.05) is 57.2 Å². The standard InChI is InChI=1S/C23H21N3OS2/c1-14-8-7-9-15(2)20(14)26-21(27)16(3)28-22-18-12-19(17-10-5-4-6-11-17)29-23(18)25-13-24-22/h4-13,16H,1-3H3,(H,26,27). The van der Waals surface area contributed by atoms with Crippen LogP contribution in [0.2, 0.25) is 0 Å². The third kappa shape index (κ3) is 4.18. The fraction of sp³-hybridized carbons (Fsp3) is 0.174. The van der Waals surface area contributed by atoms with E-state index in [1.165, 1.54) is 11.8 Å². The molecule has 4 aromatic rings. The highest BCUT2D eigenvalue weighted by Gasteiger charge is 2.19. The Morgan fingerprint density at radius 2 is 1.76 bits per heavy atom. The maximum absolute atomic E-state index is 12.8. The minimum Gasteiger partial charge on any atom is -0.325 e. The van der Waals surface area contributed by atoms with Gasteiger partial charge in [-0.1, -0.05) is 60.3 Å². The minimum absolute atomic E-state index is 0.0299. The van der Waals surface area contributed by atoms with Crippen LogP contribution in [0.5, 0.6) is 0 Å². The van der Waals surface area contributed by atoms with Crippen molar-refractivity contribution in [3.63, 3.8) is 0 Å². The number of benzene rings is 2. The van der Waals surface area contributed by atoms with Crippen LogP contribution in [0.4, 0.5) is 5.69 Å². The largest absolute Gasteiger partial charge is 0.325 e. The maximum atomic E-state index is 12.8. The molecule has 0 bridgehead atoms. The van der Waals surface area contributed by atoms with Gasteiger partial charge in [0.1, 0.15) is 16.2 Å². The second-order valence-corrected chi connectivity index (χ2v) is 9.25. The van der Waals surface area contributed by atoms with Gasteiger partial charge in [0.2, 0.25) is 5.91 Å².